The standard InChI is InChI=1S/C17H24FN3/c1-5-13-10-14(21(4)20-13)11-17(19-6-2)15-9-12(3)7-8-16(15)18/h7-10,17,19H,5-6,11H2,1-4H3. The molecule has 1 aromatic carbocycles. The highest BCUT2D eigenvalue weighted by molar-refractivity contribution is 5.28. The van der Waals surface area contributed by atoms with Gasteiger partial charge in [-0.3, -0.25) is 4.68 Å². The van der Waals surface area contributed by atoms with Gasteiger partial charge in [-0.2, -0.15) is 5.10 Å². The lowest BCUT2D eigenvalue weighted by Crippen LogP contribution is -2.25. The molecule has 1 aromatic heterocycles. The minimum atomic E-state index is -0.149. The molecule has 2 rings (SSSR count). The molecule has 3 nitrogen and oxygen atoms in total. The highest BCUT2D eigenvalue weighted by Gasteiger charge is 2.18. The Bertz CT molecular complexity index is 604. The number of rotatable bonds is 6. The number of halogens is 1. The normalized spacial score (nSPS) is 12.6. The van der Waals surface area contributed by atoms with Gasteiger partial charge in [0, 0.05) is 30.8 Å². The minimum absolute atomic E-state index is 0.0324. The van der Waals surface area contributed by atoms with Crippen LogP contribution in [0.15, 0.2) is 24.3 Å². The van der Waals surface area contributed by atoms with E-state index in [1.54, 1.807) is 12.1 Å². The van der Waals surface area contributed by atoms with E-state index in [-0.39, 0.29) is 11.9 Å². The van der Waals surface area contributed by atoms with E-state index in [4.69, 9.17) is 0 Å². The number of hydrogen-bond acceptors (Lipinski definition) is 2. The highest BCUT2D eigenvalue weighted by atomic mass is 19.1. The average molecular weight is 289 g/mol. The molecule has 0 aliphatic rings. The Balaban J connectivity index is 2.30. The predicted molar refractivity (Wildman–Crippen MR) is 83.8 cm³/mol. The van der Waals surface area contributed by atoms with Gasteiger partial charge in [0.25, 0.3) is 0 Å². The molecule has 2 aromatic rings. The van der Waals surface area contributed by atoms with Crippen LogP contribution >= 0.6 is 0 Å². The molecule has 0 saturated heterocycles. The zero-order chi connectivity index (χ0) is 15.4. The molecular formula is C17H24FN3. The van der Waals surface area contributed by atoms with Gasteiger partial charge in [0.05, 0.1) is 5.69 Å². The Kier molecular flexibility index (Phi) is 5.12. The van der Waals surface area contributed by atoms with Crippen LogP contribution in [-0.2, 0) is 19.9 Å². The maximum absolute atomic E-state index is 14.2. The van der Waals surface area contributed by atoms with Gasteiger partial charge < -0.3 is 5.32 Å². The van der Waals surface area contributed by atoms with Crippen LogP contribution in [0.4, 0.5) is 4.39 Å². The third kappa shape index (κ3) is 3.70. The molecule has 1 atom stereocenters. The Morgan fingerprint density at radius 3 is 2.67 bits per heavy atom. The summed E-state index contributed by atoms with van der Waals surface area (Å²) in [5.41, 5.74) is 4.01. The van der Waals surface area contributed by atoms with Crippen LogP contribution in [0.3, 0.4) is 0 Å². The first-order valence-corrected chi connectivity index (χ1v) is 7.56. The lowest BCUT2D eigenvalue weighted by atomic mass is 9.99. The number of hydrogen-bond donors (Lipinski definition) is 1. The molecule has 1 unspecified atom stereocenters. The summed E-state index contributed by atoms with van der Waals surface area (Å²) in [7, 11) is 1.95. The summed E-state index contributed by atoms with van der Waals surface area (Å²) in [6.07, 6.45) is 1.65. The maximum Gasteiger partial charge on any atom is 0.128 e. The summed E-state index contributed by atoms with van der Waals surface area (Å²) >= 11 is 0. The molecule has 0 amide bonds. The second-order valence-corrected chi connectivity index (χ2v) is 5.44. The largest absolute Gasteiger partial charge is 0.310 e. The van der Waals surface area contributed by atoms with Gasteiger partial charge in [0.15, 0.2) is 0 Å². The van der Waals surface area contributed by atoms with E-state index in [1.165, 1.54) is 0 Å². The first-order chi connectivity index (χ1) is 10.0. The number of aryl methyl sites for hydroxylation is 3. The minimum Gasteiger partial charge on any atom is -0.310 e. The van der Waals surface area contributed by atoms with Crippen LogP contribution in [0.25, 0.3) is 0 Å². The number of nitrogens with one attached hydrogen (secondary N) is 1. The summed E-state index contributed by atoms with van der Waals surface area (Å²) in [4.78, 5) is 0. The van der Waals surface area contributed by atoms with E-state index in [0.717, 1.165) is 41.9 Å². The van der Waals surface area contributed by atoms with Gasteiger partial charge in [0.2, 0.25) is 0 Å². The van der Waals surface area contributed by atoms with Crippen molar-refractivity contribution in [1.29, 1.82) is 0 Å². The fraction of sp³-hybridized carbons (Fsp3) is 0.471. The zero-order valence-electron chi connectivity index (χ0n) is 13.3. The molecular weight excluding hydrogens is 265 g/mol. The van der Waals surface area contributed by atoms with Gasteiger partial charge in [-0.25, -0.2) is 4.39 Å². The topological polar surface area (TPSA) is 29.9 Å². The van der Waals surface area contributed by atoms with E-state index < -0.39 is 0 Å². The molecule has 0 bridgehead atoms. The monoisotopic (exact) mass is 289 g/mol. The molecule has 0 aliphatic heterocycles. The smallest absolute Gasteiger partial charge is 0.128 e. The Labute approximate surface area is 126 Å². The zero-order valence-corrected chi connectivity index (χ0v) is 13.3. The van der Waals surface area contributed by atoms with E-state index in [0.29, 0.717) is 0 Å². The van der Waals surface area contributed by atoms with Crippen molar-refractivity contribution in [2.45, 2.75) is 39.7 Å². The Hall–Kier alpha value is -1.68. The van der Waals surface area contributed by atoms with Crippen molar-refractivity contribution in [3.8, 4) is 0 Å². The third-order valence-corrected chi connectivity index (χ3v) is 3.78. The summed E-state index contributed by atoms with van der Waals surface area (Å²) in [6, 6.07) is 7.37. The number of nitrogens with zero attached hydrogens (tertiary/aromatic N) is 2. The first-order valence-electron chi connectivity index (χ1n) is 7.56. The van der Waals surface area contributed by atoms with Crippen LogP contribution in [0.5, 0.6) is 0 Å². The summed E-state index contributed by atoms with van der Waals surface area (Å²) in [5, 5.41) is 7.86. The van der Waals surface area contributed by atoms with Crippen molar-refractivity contribution < 1.29 is 4.39 Å². The maximum atomic E-state index is 14.2. The lowest BCUT2D eigenvalue weighted by molar-refractivity contribution is 0.496. The molecule has 0 saturated carbocycles. The number of likely N-dealkylation sites (N-methyl/N-ethyl adjacent to an activating group) is 1. The van der Waals surface area contributed by atoms with Crippen molar-refractivity contribution in [3.05, 3.63) is 52.6 Å². The van der Waals surface area contributed by atoms with Crippen molar-refractivity contribution >= 4 is 0 Å². The summed E-state index contributed by atoms with van der Waals surface area (Å²) < 4.78 is 16.1. The van der Waals surface area contributed by atoms with E-state index in [2.05, 4.69) is 23.4 Å². The molecule has 0 radical (unpaired) electrons. The SMILES string of the molecule is CCNC(Cc1cc(CC)nn1C)c1cc(C)ccc1F. The first kappa shape index (κ1) is 15.7. The quantitative estimate of drug-likeness (QED) is 0.884. The molecule has 114 valence electrons. The van der Waals surface area contributed by atoms with Gasteiger partial charge >= 0.3 is 0 Å². The van der Waals surface area contributed by atoms with Crippen LogP contribution in [0, 0.1) is 12.7 Å². The molecule has 0 aliphatic carbocycles. The Morgan fingerprint density at radius 1 is 1.29 bits per heavy atom. The van der Waals surface area contributed by atoms with E-state index >= 15 is 0 Å². The molecule has 4 heteroatoms. The van der Waals surface area contributed by atoms with Crippen molar-refractivity contribution in [3.63, 3.8) is 0 Å². The number of benzene rings is 1. The molecule has 21 heavy (non-hydrogen) atoms. The highest BCUT2D eigenvalue weighted by Crippen LogP contribution is 2.23. The van der Waals surface area contributed by atoms with Crippen molar-refractivity contribution in [1.82, 2.24) is 15.1 Å². The second kappa shape index (κ2) is 6.85. The van der Waals surface area contributed by atoms with E-state index in [1.807, 2.05) is 31.6 Å². The average Bonchev–Trinajstić information content (AvgIpc) is 2.82. The fourth-order valence-electron chi connectivity index (χ4n) is 2.61. The molecule has 0 spiro atoms. The van der Waals surface area contributed by atoms with Crippen LogP contribution < -0.4 is 5.32 Å². The fourth-order valence-corrected chi connectivity index (χ4v) is 2.61. The lowest BCUT2D eigenvalue weighted by Gasteiger charge is -2.19. The van der Waals surface area contributed by atoms with Gasteiger partial charge in [-0.1, -0.05) is 31.5 Å². The number of aromatic nitrogens is 2. The van der Waals surface area contributed by atoms with Gasteiger partial charge in [-0.15, -0.1) is 0 Å². The van der Waals surface area contributed by atoms with Gasteiger partial charge in [-0.05, 0) is 32.0 Å². The predicted octanol–water partition coefficient (Wildman–Crippen LogP) is 3.32. The molecule has 1 heterocycles. The van der Waals surface area contributed by atoms with Crippen LogP contribution in [0.1, 0.15) is 42.4 Å². The van der Waals surface area contributed by atoms with Crippen molar-refractivity contribution in [2.24, 2.45) is 7.05 Å². The van der Waals surface area contributed by atoms with E-state index in [9.17, 15) is 4.39 Å². The summed E-state index contributed by atoms with van der Waals surface area (Å²) in [5.74, 6) is -0.149. The molecule has 1 N–H and O–H groups in total. The molecule has 0 fully saturated rings. The summed E-state index contributed by atoms with van der Waals surface area (Å²) in [6.45, 7) is 6.93. The Morgan fingerprint density at radius 2 is 2.05 bits per heavy atom. The second-order valence-electron chi connectivity index (χ2n) is 5.44. The van der Waals surface area contributed by atoms with Crippen LogP contribution in [0.2, 0.25) is 0 Å². The van der Waals surface area contributed by atoms with Gasteiger partial charge in [0.1, 0.15) is 5.82 Å². The van der Waals surface area contributed by atoms with Crippen LogP contribution in [-0.4, -0.2) is 16.3 Å². The third-order valence-electron chi connectivity index (χ3n) is 3.78. The van der Waals surface area contributed by atoms with Crippen molar-refractivity contribution in [2.75, 3.05) is 6.54 Å².